The Bertz CT molecular complexity index is 1440. The number of nitrogens with zero attached hydrogens (tertiary/aromatic N) is 1. The Balaban J connectivity index is 2.05. The zero-order chi connectivity index (χ0) is 27.6. The van der Waals surface area contributed by atoms with Crippen LogP contribution in [0, 0.1) is 6.92 Å². The fourth-order valence-corrected chi connectivity index (χ4v) is 6.53. The van der Waals surface area contributed by atoms with E-state index in [0.29, 0.717) is 34.1 Å². The van der Waals surface area contributed by atoms with Crippen LogP contribution in [0.3, 0.4) is 0 Å². The van der Waals surface area contributed by atoms with Gasteiger partial charge in [-0.25, -0.2) is 8.42 Å². The molecule has 0 spiro atoms. The van der Waals surface area contributed by atoms with Crippen LogP contribution < -0.4 is 18.9 Å². The Morgan fingerprint density at radius 3 is 1.95 bits per heavy atom. The van der Waals surface area contributed by atoms with Gasteiger partial charge in [0.05, 0.1) is 46.5 Å². The Labute approximate surface area is 222 Å². The molecule has 0 saturated heterocycles. The summed E-state index contributed by atoms with van der Waals surface area (Å²) in [6, 6.07) is 13.1. The fraction of sp³-hybridized carbons (Fsp3) is 0.321. The minimum absolute atomic E-state index is 0.0615. The molecule has 0 aliphatic carbocycles. The number of ether oxygens (including phenoxy) is 5. The van der Waals surface area contributed by atoms with Gasteiger partial charge in [-0.3, -0.25) is 4.79 Å². The van der Waals surface area contributed by atoms with Gasteiger partial charge in [0.1, 0.15) is 6.04 Å². The lowest BCUT2D eigenvalue weighted by Crippen LogP contribution is -2.51. The summed E-state index contributed by atoms with van der Waals surface area (Å²) in [4.78, 5) is 13.2. The second-order valence-corrected chi connectivity index (χ2v) is 10.7. The molecule has 0 N–H and O–H groups in total. The molecule has 38 heavy (non-hydrogen) atoms. The second kappa shape index (κ2) is 10.9. The maximum Gasteiger partial charge on any atom is 0.324 e. The molecule has 0 radical (unpaired) electrons. The predicted octanol–water partition coefficient (Wildman–Crippen LogP) is 3.91. The van der Waals surface area contributed by atoms with Crippen LogP contribution in [-0.4, -0.2) is 60.3 Å². The van der Waals surface area contributed by atoms with E-state index in [0.717, 1.165) is 11.1 Å². The third kappa shape index (κ3) is 4.77. The van der Waals surface area contributed by atoms with E-state index in [1.54, 1.807) is 42.5 Å². The van der Waals surface area contributed by atoms with Gasteiger partial charge in [-0.2, -0.15) is 4.31 Å². The van der Waals surface area contributed by atoms with Crippen molar-refractivity contribution in [3.63, 3.8) is 0 Å². The Kier molecular flexibility index (Phi) is 7.84. The molecule has 9 nitrogen and oxygen atoms in total. The van der Waals surface area contributed by atoms with Gasteiger partial charge in [0.2, 0.25) is 10.0 Å². The number of methoxy groups -OCH3 is 5. The first-order chi connectivity index (χ1) is 18.2. The summed E-state index contributed by atoms with van der Waals surface area (Å²) < 4.78 is 56.9. The zero-order valence-corrected chi connectivity index (χ0v) is 23.0. The number of hydrogen-bond acceptors (Lipinski definition) is 8. The molecule has 10 heteroatoms. The monoisotopic (exact) mass is 541 g/mol. The molecule has 3 aromatic carbocycles. The first-order valence-electron chi connectivity index (χ1n) is 11.8. The van der Waals surface area contributed by atoms with Crippen LogP contribution in [0.15, 0.2) is 59.5 Å². The molecule has 1 heterocycles. The minimum atomic E-state index is -4.21. The summed E-state index contributed by atoms with van der Waals surface area (Å²) in [7, 11) is 3.09. The van der Waals surface area contributed by atoms with Crippen molar-refractivity contribution < 1.29 is 36.9 Å². The smallest absolute Gasteiger partial charge is 0.324 e. The summed E-state index contributed by atoms with van der Waals surface area (Å²) in [6.45, 7) is 1.87. The van der Waals surface area contributed by atoms with Crippen LogP contribution >= 0.6 is 0 Å². The molecule has 1 aliphatic rings. The minimum Gasteiger partial charge on any atom is -0.493 e. The number of benzene rings is 3. The molecule has 0 fully saturated rings. The van der Waals surface area contributed by atoms with Gasteiger partial charge in [-0.05, 0) is 60.0 Å². The lowest BCUT2D eigenvalue weighted by atomic mass is 9.86. The molecule has 0 bridgehead atoms. The van der Waals surface area contributed by atoms with Gasteiger partial charge >= 0.3 is 5.97 Å². The van der Waals surface area contributed by atoms with Crippen molar-refractivity contribution >= 4 is 16.0 Å². The van der Waals surface area contributed by atoms with E-state index in [1.807, 2.05) is 6.92 Å². The summed E-state index contributed by atoms with van der Waals surface area (Å²) in [5.74, 6) is 1.13. The molecule has 2 unspecified atom stereocenters. The van der Waals surface area contributed by atoms with Gasteiger partial charge in [-0.1, -0.05) is 23.8 Å². The highest BCUT2D eigenvalue weighted by atomic mass is 32.2. The number of sulfonamides is 1. The number of fused-ring (bicyclic) bond motifs is 1. The molecule has 3 aromatic rings. The van der Waals surface area contributed by atoms with Gasteiger partial charge in [-0.15, -0.1) is 0 Å². The molecular weight excluding hydrogens is 510 g/mol. The predicted molar refractivity (Wildman–Crippen MR) is 141 cm³/mol. The van der Waals surface area contributed by atoms with Crippen LogP contribution in [0.5, 0.6) is 23.0 Å². The fourth-order valence-electron chi connectivity index (χ4n) is 4.79. The zero-order valence-electron chi connectivity index (χ0n) is 22.2. The lowest BCUT2D eigenvalue weighted by molar-refractivity contribution is -0.145. The van der Waals surface area contributed by atoms with Gasteiger partial charge < -0.3 is 23.7 Å². The quantitative estimate of drug-likeness (QED) is 0.396. The Hall–Kier alpha value is -3.76. The summed E-state index contributed by atoms with van der Waals surface area (Å²) >= 11 is 0. The summed E-state index contributed by atoms with van der Waals surface area (Å²) in [5, 5.41) is 0. The maximum atomic E-state index is 14.3. The molecule has 202 valence electrons. The van der Waals surface area contributed by atoms with E-state index >= 15 is 0 Å². The van der Waals surface area contributed by atoms with Crippen LogP contribution in [0.1, 0.15) is 28.3 Å². The molecule has 2 atom stereocenters. The van der Waals surface area contributed by atoms with Crippen LogP contribution in [0.25, 0.3) is 0 Å². The van der Waals surface area contributed by atoms with Crippen LogP contribution in [-0.2, 0) is 26.0 Å². The van der Waals surface area contributed by atoms with Crippen molar-refractivity contribution in [3.8, 4) is 23.0 Å². The summed E-state index contributed by atoms with van der Waals surface area (Å²) in [6.07, 6.45) is 0.0806. The molecule has 1 aliphatic heterocycles. The molecule has 4 rings (SSSR count). The average molecular weight is 542 g/mol. The van der Waals surface area contributed by atoms with Crippen LogP contribution in [0.2, 0.25) is 0 Å². The van der Waals surface area contributed by atoms with Crippen LogP contribution in [0.4, 0.5) is 0 Å². The SMILES string of the molecule is COC(=O)C1Cc2cc(OC)c(OC)cc2C(c2ccc(OC)c(OC)c2)N1S(=O)(=O)c1ccc(C)cc1. The van der Waals surface area contributed by atoms with Crippen molar-refractivity contribution in [2.45, 2.75) is 30.3 Å². The molecule has 0 aromatic heterocycles. The molecule has 0 saturated carbocycles. The average Bonchev–Trinajstić information content (AvgIpc) is 2.94. The van der Waals surface area contributed by atoms with Crippen molar-refractivity contribution in [1.29, 1.82) is 0 Å². The molecular formula is C28H31NO8S. The number of esters is 1. The van der Waals surface area contributed by atoms with E-state index in [1.165, 1.54) is 52.0 Å². The highest BCUT2D eigenvalue weighted by Gasteiger charge is 2.47. The number of aryl methyl sites for hydroxylation is 1. The second-order valence-electron chi connectivity index (χ2n) is 8.81. The number of rotatable bonds is 8. The van der Waals surface area contributed by atoms with Gasteiger partial charge in [0.15, 0.2) is 23.0 Å². The highest BCUT2D eigenvalue weighted by Crippen LogP contribution is 2.46. The van der Waals surface area contributed by atoms with E-state index < -0.39 is 28.1 Å². The summed E-state index contributed by atoms with van der Waals surface area (Å²) in [5.41, 5.74) is 2.85. The number of carbonyl (C=O) groups is 1. The van der Waals surface area contributed by atoms with Crippen molar-refractivity contribution in [2.75, 3.05) is 35.5 Å². The largest absolute Gasteiger partial charge is 0.493 e. The number of hydrogen-bond donors (Lipinski definition) is 0. The van der Waals surface area contributed by atoms with Crippen molar-refractivity contribution in [1.82, 2.24) is 4.31 Å². The first kappa shape index (κ1) is 27.3. The van der Waals surface area contributed by atoms with Crippen molar-refractivity contribution in [2.24, 2.45) is 0 Å². The van der Waals surface area contributed by atoms with Gasteiger partial charge in [0.25, 0.3) is 0 Å². The maximum absolute atomic E-state index is 14.3. The highest BCUT2D eigenvalue weighted by molar-refractivity contribution is 7.89. The molecule has 0 amide bonds. The standard InChI is InChI=1S/C28H31NO8S/c1-17-7-10-20(11-8-17)38(31,32)29-22(28(30)37-6)13-19-15-25(35-4)26(36-5)16-21(19)27(29)18-9-12-23(33-2)24(14-18)34-3/h7-12,14-16,22,27H,13H2,1-6H3. The number of carbonyl (C=O) groups excluding carboxylic acids is 1. The topological polar surface area (TPSA) is 101 Å². The Morgan fingerprint density at radius 2 is 1.37 bits per heavy atom. The van der Waals surface area contributed by atoms with Crippen molar-refractivity contribution in [3.05, 3.63) is 76.9 Å². The van der Waals surface area contributed by atoms with E-state index in [9.17, 15) is 13.2 Å². The van der Waals surface area contributed by atoms with E-state index in [-0.39, 0.29) is 11.3 Å². The first-order valence-corrected chi connectivity index (χ1v) is 13.3. The third-order valence-electron chi connectivity index (χ3n) is 6.71. The lowest BCUT2D eigenvalue weighted by Gasteiger charge is -2.41. The van der Waals surface area contributed by atoms with E-state index in [2.05, 4.69) is 0 Å². The van der Waals surface area contributed by atoms with Gasteiger partial charge in [0, 0.05) is 6.42 Å². The normalized spacial score (nSPS) is 17.3. The third-order valence-corrected chi connectivity index (χ3v) is 8.60. The Morgan fingerprint density at radius 1 is 0.789 bits per heavy atom. The van der Waals surface area contributed by atoms with E-state index in [4.69, 9.17) is 23.7 Å².